The molecule has 0 fully saturated rings. The maximum Gasteiger partial charge on any atom is 0.286 e. The van der Waals surface area contributed by atoms with Gasteiger partial charge >= 0.3 is 0 Å². The number of nitrogens with zero attached hydrogens (tertiary/aromatic N) is 11. The van der Waals surface area contributed by atoms with Crippen molar-refractivity contribution in [1.82, 2.24) is 40.4 Å². The smallest absolute Gasteiger partial charge is 0.286 e. The highest BCUT2D eigenvalue weighted by molar-refractivity contribution is 7.95. The van der Waals surface area contributed by atoms with E-state index in [0.29, 0.717) is 30.9 Å². The van der Waals surface area contributed by atoms with Gasteiger partial charge in [0.2, 0.25) is 0 Å². The van der Waals surface area contributed by atoms with E-state index in [1.807, 2.05) is 48.4 Å². The molecule has 0 saturated carbocycles. The van der Waals surface area contributed by atoms with E-state index in [1.165, 1.54) is 36.4 Å². The summed E-state index contributed by atoms with van der Waals surface area (Å²) in [4.78, 5) is 46.1. The van der Waals surface area contributed by atoms with Crippen LogP contribution in [-0.4, -0.2) is 120 Å². The number of carbonyl (C=O) groups is 3. The van der Waals surface area contributed by atoms with Gasteiger partial charge in [-0.15, -0.1) is 20.4 Å². The lowest BCUT2D eigenvalue weighted by Crippen LogP contribution is -2.19. The Morgan fingerprint density at radius 2 is 1.19 bits per heavy atom. The van der Waals surface area contributed by atoms with Crippen LogP contribution in [-0.2, 0) is 48.3 Å². The van der Waals surface area contributed by atoms with Crippen molar-refractivity contribution >= 4 is 53.1 Å². The first kappa shape index (κ1) is 80.0. The SMILES string of the molecule is C.C=S(=O)(O)CC(C)(C)C.CB(O)CC(C)(C)C.CC(=O)CC(C)(C)C.CC(=O)Cn1nnc(CC(C)(C)C)n1.CC(=O)Cn1nnnc1C.CC(C)(C)CC1=NCN=N1.CC(C)(C)CP(C)(=O)O.CCC. The van der Waals surface area contributed by atoms with E-state index < -0.39 is 17.2 Å². The second-order valence-electron chi connectivity index (χ2n) is 25.5. The van der Waals surface area contributed by atoms with Crippen molar-refractivity contribution in [2.75, 3.05) is 25.2 Å². The molecule has 0 amide bonds. The maximum absolute atomic E-state index is 10.8. The van der Waals surface area contributed by atoms with Crippen molar-refractivity contribution in [3.05, 3.63) is 11.6 Å². The molecule has 0 radical (unpaired) electrons. The molecule has 2 aromatic rings. The van der Waals surface area contributed by atoms with Gasteiger partial charge in [0.25, 0.3) is 6.92 Å². The molecule has 22 heteroatoms. The molecule has 19 nitrogen and oxygen atoms in total. The summed E-state index contributed by atoms with van der Waals surface area (Å²) in [6.07, 6.45) is 4.92. The van der Waals surface area contributed by atoms with Crippen LogP contribution in [0.4, 0.5) is 0 Å². The predicted molar refractivity (Wildman–Crippen MR) is 304 cm³/mol. The van der Waals surface area contributed by atoms with Gasteiger partial charge in [0, 0.05) is 37.8 Å². The Bertz CT molecular complexity index is 2000. The molecular formula is C50H107BN11O8PS. The molecule has 0 aromatic carbocycles. The van der Waals surface area contributed by atoms with Crippen LogP contribution < -0.4 is 0 Å². The molecule has 0 bridgehead atoms. The van der Waals surface area contributed by atoms with Crippen molar-refractivity contribution < 1.29 is 37.6 Å². The number of azo groups is 1. The lowest BCUT2D eigenvalue weighted by Gasteiger charge is -2.19. The number of hydrogen-bond donors (Lipinski definition) is 3. The third kappa shape index (κ3) is 73.2. The normalized spacial score (nSPS) is 13.7. The Balaban J connectivity index is -0.000000176. The topological polar surface area (TPSA) is 270 Å². The Kier molecular flexibility index (Phi) is 40.6. The Labute approximate surface area is 439 Å². The van der Waals surface area contributed by atoms with Gasteiger partial charge in [-0.1, -0.05) is 159 Å². The van der Waals surface area contributed by atoms with Crippen LogP contribution in [0, 0.1) is 39.4 Å². The van der Waals surface area contributed by atoms with Gasteiger partial charge in [-0.2, -0.15) is 9.91 Å². The summed E-state index contributed by atoms with van der Waals surface area (Å²) in [5.41, 5.74) is 0.735. The Morgan fingerprint density at radius 3 is 1.40 bits per heavy atom. The van der Waals surface area contributed by atoms with E-state index in [0.717, 1.165) is 25.0 Å². The van der Waals surface area contributed by atoms with E-state index in [4.69, 9.17) is 14.5 Å². The molecule has 3 heterocycles. The monoisotopic (exact) mass is 1060 g/mol. The number of aryl methyl sites for hydroxylation is 1. The first-order valence-electron chi connectivity index (χ1n) is 24.2. The van der Waals surface area contributed by atoms with Crippen LogP contribution >= 0.6 is 7.37 Å². The van der Waals surface area contributed by atoms with Crippen LogP contribution in [0.1, 0.15) is 198 Å². The highest BCUT2D eigenvalue weighted by Gasteiger charge is 2.21. The van der Waals surface area contributed by atoms with Gasteiger partial charge in [0.15, 0.2) is 31.4 Å². The molecule has 1 aliphatic heterocycles. The highest BCUT2D eigenvalue weighted by atomic mass is 32.2. The Hall–Kier alpha value is -3.39. The number of tetrazole rings is 2. The summed E-state index contributed by atoms with van der Waals surface area (Å²) < 4.78 is 31.7. The Morgan fingerprint density at radius 1 is 0.736 bits per heavy atom. The summed E-state index contributed by atoms with van der Waals surface area (Å²) in [7, 11) is -5.57. The van der Waals surface area contributed by atoms with Crippen molar-refractivity contribution in [2.45, 2.75) is 226 Å². The minimum absolute atomic E-state index is 0. The third-order valence-corrected chi connectivity index (χ3v) is 9.79. The summed E-state index contributed by atoms with van der Waals surface area (Å²) >= 11 is 0. The second kappa shape index (κ2) is 36.5. The number of carbonyl (C=O) groups excluding carboxylic acids is 3. The minimum atomic E-state index is -2.79. The van der Waals surface area contributed by atoms with E-state index in [9.17, 15) is 23.2 Å². The van der Waals surface area contributed by atoms with Gasteiger partial charge in [0.1, 0.15) is 30.5 Å². The first-order chi connectivity index (χ1) is 31.3. The molecule has 0 saturated heterocycles. The first-order valence-corrected chi connectivity index (χ1v) is 28.4. The zero-order chi connectivity index (χ0) is 57.6. The van der Waals surface area contributed by atoms with Gasteiger partial charge in [-0.3, -0.25) is 14.2 Å². The molecule has 2 unspecified atom stereocenters. The van der Waals surface area contributed by atoms with Crippen LogP contribution in [0.5, 0.6) is 0 Å². The molecule has 0 aliphatic carbocycles. The number of hydrogen-bond acceptors (Lipinski definition) is 15. The van der Waals surface area contributed by atoms with Crippen molar-refractivity contribution in [3.63, 3.8) is 0 Å². The molecule has 3 rings (SSSR count). The number of aromatic nitrogens is 8. The zero-order valence-electron chi connectivity index (χ0n) is 49.5. The van der Waals surface area contributed by atoms with E-state index in [2.05, 4.69) is 149 Å². The minimum Gasteiger partial charge on any atom is -0.451 e. The fourth-order valence-electron chi connectivity index (χ4n) is 5.71. The molecule has 2 atom stereocenters. The van der Waals surface area contributed by atoms with Gasteiger partial charge < -0.3 is 19.3 Å². The predicted octanol–water partition coefficient (Wildman–Crippen LogP) is 11.5. The molecular weight excluding hydrogens is 956 g/mol. The number of aliphatic imine (C=N–C) groups is 1. The van der Waals surface area contributed by atoms with E-state index >= 15 is 0 Å². The third-order valence-electron chi connectivity index (χ3n) is 6.93. The maximum atomic E-state index is 10.8. The van der Waals surface area contributed by atoms with Crippen LogP contribution in [0.25, 0.3) is 0 Å². The molecule has 3 N–H and O–H groups in total. The fourth-order valence-corrected chi connectivity index (χ4v) is 8.82. The molecule has 424 valence electrons. The fraction of sp³-hybridized carbons (Fsp3) is 0.860. The van der Waals surface area contributed by atoms with Crippen LogP contribution in [0.2, 0.25) is 13.1 Å². The van der Waals surface area contributed by atoms with Crippen molar-refractivity contribution in [2.24, 2.45) is 47.7 Å². The lowest BCUT2D eigenvalue weighted by atomic mass is 9.60. The zero-order valence-corrected chi connectivity index (χ0v) is 51.2. The number of amidine groups is 1. The van der Waals surface area contributed by atoms with E-state index in [-0.39, 0.29) is 83.0 Å². The summed E-state index contributed by atoms with van der Waals surface area (Å²) in [5, 5.41) is 38.9. The summed E-state index contributed by atoms with van der Waals surface area (Å²) in [5.74, 6) is 6.01. The van der Waals surface area contributed by atoms with Gasteiger partial charge in [-0.25, -0.2) is 13.9 Å². The summed E-state index contributed by atoms with van der Waals surface area (Å²) in [6, 6.07) is 0. The molecule has 0 spiro atoms. The van der Waals surface area contributed by atoms with Crippen molar-refractivity contribution in [3.8, 4) is 0 Å². The average Bonchev–Trinajstić information content (AvgIpc) is 3.79. The largest absolute Gasteiger partial charge is 0.451 e. The van der Waals surface area contributed by atoms with Crippen molar-refractivity contribution in [1.29, 1.82) is 0 Å². The molecule has 72 heavy (non-hydrogen) atoms. The average molecular weight is 1060 g/mol. The standard InChI is InChI=1S/C9H16N4O.C7H13N3.C7H14O.C6H15BO.C6H15O2P.C6H14O2S.C5H8N4O.C3H8.CH4/c1-7(14)6-13-11-8(10-12-13)5-9(2,3)4;1-7(2,3)4-6-8-5-9-10-6;1-6(8)5-7(2,3)4;1-6(2,3)5-7(4)8;2*1-6(2,3)5-9(4,7)8;1-4(10)3-9-5(2)6-7-8-9;1-3-2;/h5-6H2,1-4H3;4-5H2,1-3H3;5H2,1-4H3;8H,5H2,1-4H3;5H2,1-4H3,(H,7,8);4-5H2,1-3H3,(H,7,8);3H2,1-2H3;3H2,1-2H3;1H4. The van der Waals surface area contributed by atoms with Crippen LogP contribution in [0.15, 0.2) is 15.2 Å². The quantitative estimate of drug-likeness (QED) is 0.113. The van der Waals surface area contributed by atoms with Crippen LogP contribution in [0.3, 0.4) is 0 Å². The summed E-state index contributed by atoms with van der Waals surface area (Å²) in [6.45, 7) is 51.7. The highest BCUT2D eigenvalue weighted by Crippen LogP contribution is 2.41. The van der Waals surface area contributed by atoms with E-state index in [1.54, 1.807) is 13.8 Å². The van der Waals surface area contributed by atoms with Gasteiger partial charge in [-0.05, 0) is 88.0 Å². The molecule has 1 aliphatic rings. The number of rotatable bonds is 10. The number of Topliss-reactive ketones (excluding diaryl/α,β-unsaturated/α-hetero) is 3. The van der Waals surface area contributed by atoms with Gasteiger partial charge in [0.05, 0.1) is 9.80 Å². The lowest BCUT2D eigenvalue weighted by molar-refractivity contribution is -0.119. The number of ketones is 3. The molecule has 2 aromatic heterocycles. The second-order valence-corrected chi connectivity index (χ2v) is 29.7.